The molecule has 1 saturated heterocycles. The number of carboxylic acid groups (broad SMARTS) is 1. The van der Waals surface area contributed by atoms with Crippen LogP contribution in [0.5, 0.6) is 11.5 Å². The fourth-order valence-corrected chi connectivity index (χ4v) is 5.12. The van der Waals surface area contributed by atoms with Gasteiger partial charge < -0.3 is 19.5 Å². The molecule has 0 amide bonds. The van der Waals surface area contributed by atoms with Crippen LogP contribution in [0, 0.1) is 5.92 Å². The van der Waals surface area contributed by atoms with Gasteiger partial charge in [0.25, 0.3) is 0 Å². The number of rotatable bonds is 4. The molecule has 6 heteroatoms. The van der Waals surface area contributed by atoms with Crippen molar-refractivity contribution in [3.05, 3.63) is 47.5 Å². The number of aryl methyl sites for hydroxylation is 2. The Morgan fingerprint density at radius 1 is 1.22 bits per heavy atom. The molecule has 1 aromatic heterocycles. The Hall–Kier alpha value is -3.28. The van der Waals surface area contributed by atoms with E-state index in [0.717, 1.165) is 47.8 Å². The molecule has 0 aliphatic carbocycles. The van der Waals surface area contributed by atoms with Gasteiger partial charge in [-0.1, -0.05) is 6.92 Å². The first-order chi connectivity index (χ1) is 15.5. The van der Waals surface area contributed by atoms with E-state index in [9.17, 15) is 9.90 Å². The van der Waals surface area contributed by atoms with Crippen molar-refractivity contribution in [2.45, 2.75) is 32.8 Å². The second-order valence-electron chi connectivity index (χ2n) is 8.72. The van der Waals surface area contributed by atoms with Gasteiger partial charge in [0.15, 0.2) is 0 Å². The summed E-state index contributed by atoms with van der Waals surface area (Å²) in [5.41, 5.74) is 6.85. The maximum absolute atomic E-state index is 11.3. The lowest BCUT2D eigenvalue weighted by Gasteiger charge is -2.32. The minimum absolute atomic E-state index is 0.232. The molecule has 32 heavy (non-hydrogen) atoms. The van der Waals surface area contributed by atoms with Gasteiger partial charge >= 0.3 is 5.97 Å². The van der Waals surface area contributed by atoms with Crippen LogP contribution in [0.3, 0.4) is 0 Å². The monoisotopic (exact) mass is 433 g/mol. The Kier molecular flexibility index (Phi) is 5.16. The molecule has 6 nitrogen and oxygen atoms in total. The number of aromatic nitrogens is 1. The lowest BCUT2D eigenvalue weighted by Crippen LogP contribution is -2.36. The smallest absolute Gasteiger partial charge is 0.306 e. The second kappa shape index (κ2) is 8.01. The molecule has 2 aliphatic rings. The van der Waals surface area contributed by atoms with Crippen molar-refractivity contribution in [1.29, 1.82) is 0 Å². The normalized spacial score (nSPS) is 15.8. The number of hydrogen-bond acceptors (Lipinski definition) is 4. The molecule has 1 N–H and O–H groups in total. The van der Waals surface area contributed by atoms with Gasteiger partial charge in [-0.3, -0.25) is 4.79 Å². The van der Waals surface area contributed by atoms with Gasteiger partial charge in [-0.05, 0) is 49.1 Å². The number of carboxylic acids is 1. The van der Waals surface area contributed by atoms with Crippen LogP contribution in [-0.2, 0) is 24.9 Å². The van der Waals surface area contributed by atoms with E-state index in [0.29, 0.717) is 19.4 Å². The summed E-state index contributed by atoms with van der Waals surface area (Å²) in [5.74, 6) is 0.882. The number of methoxy groups -OCH3 is 1. The molecule has 166 valence electrons. The van der Waals surface area contributed by atoms with Crippen LogP contribution in [0.15, 0.2) is 36.4 Å². The third-order valence-electron chi connectivity index (χ3n) is 6.95. The van der Waals surface area contributed by atoms with Crippen molar-refractivity contribution in [3.63, 3.8) is 0 Å². The summed E-state index contributed by atoms with van der Waals surface area (Å²) in [7, 11) is 3.83. The molecule has 2 aromatic carbocycles. The zero-order valence-electron chi connectivity index (χ0n) is 18.9. The minimum Gasteiger partial charge on any atom is -0.496 e. The second-order valence-corrected chi connectivity index (χ2v) is 8.72. The largest absolute Gasteiger partial charge is 0.496 e. The summed E-state index contributed by atoms with van der Waals surface area (Å²) < 4.78 is 14.1. The Morgan fingerprint density at radius 3 is 2.69 bits per heavy atom. The summed E-state index contributed by atoms with van der Waals surface area (Å²) >= 11 is 0. The molecule has 5 rings (SSSR count). The summed E-state index contributed by atoms with van der Waals surface area (Å²) in [4.78, 5) is 13.5. The molecule has 0 spiro atoms. The van der Waals surface area contributed by atoms with Gasteiger partial charge in [0.2, 0.25) is 11.2 Å². The summed E-state index contributed by atoms with van der Waals surface area (Å²) in [6.45, 7) is 4.18. The van der Waals surface area contributed by atoms with Crippen molar-refractivity contribution in [1.82, 2.24) is 0 Å². The van der Waals surface area contributed by atoms with Crippen LogP contribution in [0.25, 0.3) is 22.2 Å². The van der Waals surface area contributed by atoms with Crippen molar-refractivity contribution < 1.29 is 23.9 Å². The number of benzene rings is 2. The third-order valence-corrected chi connectivity index (χ3v) is 6.95. The maximum Gasteiger partial charge on any atom is 0.306 e. The van der Waals surface area contributed by atoms with Gasteiger partial charge in [0, 0.05) is 30.2 Å². The number of aliphatic carboxylic acids is 1. The number of anilines is 1. The quantitative estimate of drug-likeness (QED) is 0.628. The van der Waals surface area contributed by atoms with Crippen LogP contribution >= 0.6 is 0 Å². The standard InChI is InChI=1S/C26H28N2O4/c1-4-16-11-18-12-19-15-32-24-13-20(28-9-7-17(8-10-28)26(29)30)5-6-21(24)25(19)27(2)22(18)14-23(16)31-3/h5-6,11-14,17H,4,7-10,15H2,1-3H3/p+1. The number of pyridine rings is 1. The van der Waals surface area contributed by atoms with Crippen molar-refractivity contribution in [2.24, 2.45) is 13.0 Å². The molecule has 3 heterocycles. The van der Waals surface area contributed by atoms with E-state index in [1.165, 1.54) is 22.2 Å². The predicted molar refractivity (Wildman–Crippen MR) is 123 cm³/mol. The van der Waals surface area contributed by atoms with E-state index in [2.05, 4.69) is 59.8 Å². The van der Waals surface area contributed by atoms with Crippen LogP contribution in [0.2, 0.25) is 0 Å². The van der Waals surface area contributed by atoms with E-state index >= 15 is 0 Å². The van der Waals surface area contributed by atoms with Crippen molar-refractivity contribution in [3.8, 4) is 22.8 Å². The first-order valence-electron chi connectivity index (χ1n) is 11.3. The minimum atomic E-state index is -0.683. The highest BCUT2D eigenvalue weighted by atomic mass is 16.5. The first-order valence-corrected chi connectivity index (χ1v) is 11.3. The van der Waals surface area contributed by atoms with E-state index in [4.69, 9.17) is 9.47 Å². The zero-order chi connectivity index (χ0) is 22.4. The molecule has 0 saturated carbocycles. The van der Waals surface area contributed by atoms with E-state index in [-0.39, 0.29) is 5.92 Å². The number of fused-ring (bicyclic) bond motifs is 4. The Morgan fingerprint density at radius 2 is 2.00 bits per heavy atom. The summed E-state index contributed by atoms with van der Waals surface area (Å²) in [5, 5.41) is 10.4. The maximum atomic E-state index is 11.3. The lowest BCUT2D eigenvalue weighted by molar-refractivity contribution is -0.634. The van der Waals surface area contributed by atoms with Gasteiger partial charge in [0.1, 0.15) is 25.2 Å². The predicted octanol–water partition coefficient (Wildman–Crippen LogP) is 4.10. The number of carbonyl (C=O) groups is 1. The summed E-state index contributed by atoms with van der Waals surface area (Å²) in [6, 6.07) is 12.9. The van der Waals surface area contributed by atoms with Crippen LogP contribution in [0.1, 0.15) is 30.9 Å². The molecule has 0 radical (unpaired) electrons. The number of hydrogen-bond donors (Lipinski definition) is 1. The summed E-state index contributed by atoms with van der Waals surface area (Å²) in [6.07, 6.45) is 2.28. The van der Waals surface area contributed by atoms with Crippen molar-refractivity contribution >= 4 is 22.6 Å². The van der Waals surface area contributed by atoms with Crippen LogP contribution in [0.4, 0.5) is 5.69 Å². The Balaban J connectivity index is 1.53. The SMILES string of the molecule is CCc1cc2cc3c([n+](C)c2cc1OC)-c1ccc(N2CCC(C(=O)O)CC2)cc1OC3. The topological polar surface area (TPSA) is 62.9 Å². The van der Waals surface area contributed by atoms with Crippen LogP contribution < -0.4 is 18.9 Å². The van der Waals surface area contributed by atoms with Crippen LogP contribution in [-0.4, -0.2) is 31.3 Å². The lowest BCUT2D eigenvalue weighted by atomic mass is 9.95. The fraction of sp³-hybridized carbons (Fsp3) is 0.385. The number of nitrogens with zero attached hydrogens (tertiary/aromatic N) is 2. The molecule has 0 bridgehead atoms. The highest BCUT2D eigenvalue weighted by Crippen LogP contribution is 2.40. The highest BCUT2D eigenvalue weighted by molar-refractivity contribution is 5.84. The van der Waals surface area contributed by atoms with Gasteiger partial charge in [-0.2, -0.15) is 4.57 Å². The first kappa shape index (κ1) is 20.6. The number of piperidine rings is 1. The van der Waals surface area contributed by atoms with Gasteiger partial charge in [-0.25, -0.2) is 0 Å². The average Bonchev–Trinajstić information content (AvgIpc) is 2.82. The molecule has 2 aliphatic heterocycles. The molecule has 1 fully saturated rings. The zero-order valence-corrected chi connectivity index (χ0v) is 18.9. The molecule has 3 aromatic rings. The van der Waals surface area contributed by atoms with E-state index in [1.807, 2.05) is 0 Å². The molecule has 0 unspecified atom stereocenters. The molecular weight excluding hydrogens is 404 g/mol. The van der Waals surface area contributed by atoms with Gasteiger partial charge in [-0.15, -0.1) is 0 Å². The third kappa shape index (κ3) is 3.34. The highest BCUT2D eigenvalue weighted by Gasteiger charge is 2.30. The average molecular weight is 434 g/mol. The van der Waals surface area contributed by atoms with E-state index < -0.39 is 5.97 Å². The van der Waals surface area contributed by atoms with Gasteiger partial charge in [0.05, 0.1) is 30.2 Å². The molecular formula is C26H29N2O4+. The van der Waals surface area contributed by atoms with E-state index in [1.54, 1.807) is 7.11 Å². The Bertz CT molecular complexity index is 1210. The number of ether oxygens (including phenoxy) is 2. The van der Waals surface area contributed by atoms with Crippen molar-refractivity contribution in [2.75, 3.05) is 25.1 Å². The Labute approximate surface area is 188 Å². The fourth-order valence-electron chi connectivity index (χ4n) is 5.12. The molecule has 0 atom stereocenters.